The smallest absolute Gasteiger partial charge is 0.182 e. The van der Waals surface area contributed by atoms with Gasteiger partial charge in [-0.15, -0.1) is 21.8 Å². The fourth-order valence-corrected chi connectivity index (χ4v) is 1.92. The van der Waals surface area contributed by atoms with Gasteiger partial charge in [0.15, 0.2) is 10.8 Å². The number of methoxy groups -OCH3 is 1. The fourth-order valence-electron chi connectivity index (χ4n) is 1.57. The average molecular weight is 275 g/mol. The molecule has 0 radical (unpaired) electrons. The summed E-state index contributed by atoms with van der Waals surface area (Å²) in [7, 11) is 1.66. The molecule has 0 saturated heterocycles. The number of fused-ring (bicyclic) bond motifs is 1. The summed E-state index contributed by atoms with van der Waals surface area (Å²) >= 11 is 11.6. The first-order chi connectivity index (χ1) is 8.15. The van der Waals surface area contributed by atoms with E-state index in [9.17, 15) is 0 Å². The maximum absolute atomic E-state index is 5.86. The molecule has 2 rings (SSSR count). The molecule has 1 atom stereocenters. The van der Waals surface area contributed by atoms with Crippen LogP contribution >= 0.6 is 23.2 Å². The van der Waals surface area contributed by atoms with Crippen LogP contribution in [-0.4, -0.2) is 33.0 Å². The van der Waals surface area contributed by atoms with Gasteiger partial charge in [-0.2, -0.15) is 0 Å². The van der Waals surface area contributed by atoms with E-state index in [1.54, 1.807) is 13.2 Å². The van der Waals surface area contributed by atoms with Gasteiger partial charge in [0, 0.05) is 13.2 Å². The molecule has 0 aliphatic rings. The van der Waals surface area contributed by atoms with E-state index in [0.717, 1.165) is 5.82 Å². The van der Waals surface area contributed by atoms with Crippen molar-refractivity contribution in [1.82, 2.24) is 19.7 Å². The van der Waals surface area contributed by atoms with Gasteiger partial charge in [-0.1, -0.05) is 11.6 Å². The van der Waals surface area contributed by atoms with Crippen LogP contribution in [0.2, 0.25) is 5.15 Å². The second kappa shape index (κ2) is 5.16. The Kier molecular flexibility index (Phi) is 3.81. The molecule has 0 aliphatic heterocycles. The third-order valence-electron chi connectivity index (χ3n) is 2.50. The van der Waals surface area contributed by atoms with E-state index in [1.807, 2.05) is 11.5 Å². The van der Waals surface area contributed by atoms with Crippen LogP contribution in [0.3, 0.4) is 0 Å². The first kappa shape index (κ1) is 12.5. The molecule has 2 aromatic rings. The Hall–Kier alpha value is -0.910. The third-order valence-corrected chi connectivity index (χ3v) is 2.93. The lowest BCUT2D eigenvalue weighted by Gasteiger charge is -2.12. The van der Waals surface area contributed by atoms with Crippen LogP contribution in [0.25, 0.3) is 11.2 Å². The van der Waals surface area contributed by atoms with Gasteiger partial charge in [-0.25, -0.2) is 4.98 Å². The van der Waals surface area contributed by atoms with E-state index in [0.29, 0.717) is 28.7 Å². The lowest BCUT2D eigenvalue weighted by Crippen LogP contribution is -2.16. The lowest BCUT2D eigenvalue weighted by atomic mass is 10.4. The molecule has 0 fully saturated rings. The molecule has 0 N–H and O–H groups in total. The number of halogens is 2. The molecule has 0 aliphatic carbocycles. The van der Waals surface area contributed by atoms with Crippen molar-refractivity contribution in [3.05, 3.63) is 17.0 Å². The summed E-state index contributed by atoms with van der Waals surface area (Å²) in [5, 5.41) is 8.18. The Labute approximate surface area is 109 Å². The second-order valence-electron chi connectivity index (χ2n) is 3.69. The molecule has 0 unspecified atom stereocenters. The van der Waals surface area contributed by atoms with Crippen LogP contribution in [0.1, 0.15) is 12.7 Å². The third kappa shape index (κ3) is 2.51. The number of aromatic nitrogens is 4. The van der Waals surface area contributed by atoms with Gasteiger partial charge in [0.05, 0.1) is 18.5 Å². The van der Waals surface area contributed by atoms with Crippen LogP contribution in [0.15, 0.2) is 6.07 Å². The van der Waals surface area contributed by atoms with Crippen LogP contribution in [0, 0.1) is 0 Å². The molecule has 0 saturated carbocycles. The quantitative estimate of drug-likeness (QED) is 0.803. The molecule has 7 heteroatoms. The zero-order chi connectivity index (χ0) is 12.4. The number of rotatable bonds is 4. The van der Waals surface area contributed by atoms with Crippen LogP contribution in [-0.2, 0) is 17.2 Å². The van der Waals surface area contributed by atoms with E-state index < -0.39 is 0 Å². The van der Waals surface area contributed by atoms with E-state index in [-0.39, 0.29) is 6.10 Å². The molecule has 92 valence electrons. The Bertz CT molecular complexity index is 528. The second-order valence-corrected chi connectivity index (χ2v) is 4.35. The molecule has 0 spiro atoms. The highest BCUT2D eigenvalue weighted by atomic mass is 35.5. The number of hydrogen-bond acceptors (Lipinski definition) is 4. The Balaban J connectivity index is 2.50. The highest BCUT2D eigenvalue weighted by Gasteiger charge is 2.14. The predicted molar refractivity (Wildman–Crippen MR) is 66.4 cm³/mol. The van der Waals surface area contributed by atoms with Gasteiger partial charge in [0.1, 0.15) is 11.3 Å². The van der Waals surface area contributed by atoms with Crippen molar-refractivity contribution in [1.29, 1.82) is 0 Å². The van der Waals surface area contributed by atoms with Crippen molar-refractivity contribution >= 4 is 34.4 Å². The molecule has 2 aromatic heterocycles. The van der Waals surface area contributed by atoms with Crippen LogP contribution in [0.5, 0.6) is 0 Å². The van der Waals surface area contributed by atoms with Gasteiger partial charge < -0.3 is 9.30 Å². The molecule has 5 nitrogen and oxygen atoms in total. The summed E-state index contributed by atoms with van der Waals surface area (Å²) in [5.74, 6) is 1.05. The predicted octanol–water partition coefficient (Wildman–Crippen LogP) is 2.25. The first-order valence-corrected chi connectivity index (χ1v) is 6.04. The summed E-state index contributed by atoms with van der Waals surface area (Å²) < 4.78 is 7.13. The molecule has 17 heavy (non-hydrogen) atoms. The van der Waals surface area contributed by atoms with Crippen LogP contribution in [0.4, 0.5) is 0 Å². The number of hydrogen-bond donors (Lipinski definition) is 0. The Morgan fingerprint density at radius 3 is 2.88 bits per heavy atom. The summed E-state index contributed by atoms with van der Waals surface area (Å²) in [6.07, 6.45) is 0.0480. The Morgan fingerprint density at radius 1 is 1.47 bits per heavy atom. The minimum Gasteiger partial charge on any atom is -0.380 e. The van der Waals surface area contributed by atoms with Crippen molar-refractivity contribution in [2.75, 3.05) is 7.11 Å². The van der Waals surface area contributed by atoms with Gasteiger partial charge in [-0.05, 0) is 6.92 Å². The maximum Gasteiger partial charge on any atom is 0.182 e. The highest BCUT2D eigenvalue weighted by Crippen LogP contribution is 2.18. The molecule has 0 bridgehead atoms. The lowest BCUT2D eigenvalue weighted by molar-refractivity contribution is 0.103. The monoisotopic (exact) mass is 274 g/mol. The number of alkyl halides is 1. The number of nitrogens with zero attached hydrogens (tertiary/aromatic N) is 4. The van der Waals surface area contributed by atoms with Crippen molar-refractivity contribution in [2.24, 2.45) is 0 Å². The highest BCUT2D eigenvalue weighted by molar-refractivity contribution is 6.29. The van der Waals surface area contributed by atoms with Crippen molar-refractivity contribution < 1.29 is 4.74 Å². The number of imidazole rings is 1. The maximum atomic E-state index is 5.86. The van der Waals surface area contributed by atoms with Crippen LogP contribution < -0.4 is 0 Å². The van der Waals surface area contributed by atoms with E-state index in [1.165, 1.54) is 0 Å². The van der Waals surface area contributed by atoms with Crippen molar-refractivity contribution in [3.8, 4) is 0 Å². The van der Waals surface area contributed by atoms with Gasteiger partial charge in [0.25, 0.3) is 0 Å². The summed E-state index contributed by atoms with van der Waals surface area (Å²) in [6, 6.07) is 1.67. The first-order valence-electron chi connectivity index (χ1n) is 5.12. The van der Waals surface area contributed by atoms with Gasteiger partial charge in [-0.3, -0.25) is 0 Å². The zero-order valence-corrected chi connectivity index (χ0v) is 11.0. The van der Waals surface area contributed by atoms with Gasteiger partial charge >= 0.3 is 0 Å². The molecular formula is C10H12Cl2N4O. The normalized spacial score (nSPS) is 13.2. The molecule has 0 aromatic carbocycles. The van der Waals surface area contributed by atoms with E-state index >= 15 is 0 Å². The summed E-state index contributed by atoms with van der Waals surface area (Å²) in [6.45, 7) is 2.60. The summed E-state index contributed by atoms with van der Waals surface area (Å²) in [4.78, 5) is 4.37. The van der Waals surface area contributed by atoms with Crippen molar-refractivity contribution in [2.45, 2.75) is 25.5 Å². The fraction of sp³-hybridized carbons (Fsp3) is 0.500. The topological polar surface area (TPSA) is 52.8 Å². The van der Waals surface area contributed by atoms with Gasteiger partial charge in [0.2, 0.25) is 0 Å². The molecule has 2 heterocycles. The standard InChI is InChI=1S/C10H12Cl2N4O/c1-6(17-2)5-16-9(4-11)13-7-3-8(12)14-15-10(7)16/h3,6H,4-5H2,1-2H3/t6-/m1/s1. The largest absolute Gasteiger partial charge is 0.380 e. The van der Waals surface area contributed by atoms with Crippen molar-refractivity contribution in [3.63, 3.8) is 0 Å². The minimum absolute atomic E-state index is 0.0480. The number of ether oxygens (including phenoxy) is 1. The van der Waals surface area contributed by atoms with E-state index in [2.05, 4.69) is 15.2 Å². The summed E-state index contributed by atoms with van der Waals surface area (Å²) in [5.41, 5.74) is 1.37. The molecule has 0 amide bonds. The zero-order valence-electron chi connectivity index (χ0n) is 9.52. The minimum atomic E-state index is 0.0480. The average Bonchev–Trinajstić information content (AvgIpc) is 2.66. The van der Waals surface area contributed by atoms with E-state index in [4.69, 9.17) is 27.9 Å². The Morgan fingerprint density at radius 2 is 2.24 bits per heavy atom. The SMILES string of the molecule is CO[C@H](C)Cn1c(CCl)nc2cc(Cl)nnc21. The molecular weight excluding hydrogens is 263 g/mol.